The molecule has 0 saturated carbocycles. The average Bonchev–Trinajstić information content (AvgIpc) is 2.76. The van der Waals surface area contributed by atoms with E-state index < -0.39 is 0 Å². The molecule has 7 nitrogen and oxygen atoms in total. The Morgan fingerprint density at radius 3 is 2.34 bits per heavy atom. The van der Waals surface area contributed by atoms with Gasteiger partial charge in [0.2, 0.25) is 5.91 Å². The van der Waals surface area contributed by atoms with E-state index >= 15 is 0 Å². The Labute approximate surface area is 171 Å². The van der Waals surface area contributed by atoms with Crippen LogP contribution >= 0.6 is 0 Å². The second-order valence-corrected chi connectivity index (χ2v) is 7.22. The SMILES string of the molecule is Cc1ccccc1OCC(=O)NNC(=O)CC[NH+]1CCN(c2ccccc2)CC1. The van der Waals surface area contributed by atoms with Gasteiger partial charge in [0.1, 0.15) is 5.75 Å². The van der Waals surface area contributed by atoms with Crippen LogP contribution in [0.15, 0.2) is 54.6 Å². The summed E-state index contributed by atoms with van der Waals surface area (Å²) < 4.78 is 5.46. The molecule has 0 atom stereocenters. The molecule has 1 aliphatic rings. The molecule has 1 saturated heterocycles. The summed E-state index contributed by atoms with van der Waals surface area (Å²) in [5.74, 6) is 0.0878. The van der Waals surface area contributed by atoms with Crippen LogP contribution < -0.4 is 25.4 Å². The minimum absolute atomic E-state index is 0.141. The maximum absolute atomic E-state index is 12.0. The molecular formula is C22H29N4O3+. The lowest BCUT2D eigenvalue weighted by Crippen LogP contribution is -3.15. The molecule has 1 heterocycles. The van der Waals surface area contributed by atoms with Crippen LogP contribution in [0.1, 0.15) is 12.0 Å². The number of benzene rings is 2. The number of piperazine rings is 1. The summed E-state index contributed by atoms with van der Waals surface area (Å²) in [5.41, 5.74) is 7.08. The highest BCUT2D eigenvalue weighted by Gasteiger charge is 2.20. The summed E-state index contributed by atoms with van der Waals surface area (Å²) >= 11 is 0. The summed E-state index contributed by atoms with van der Waals surface area (Å²) in [6.07, 6.45) is 0.375. The van der Waals surface area contributed by atoms with Gasteiger partial charge in [0.25, 0.3) is 5.91 Å². The minimum atomic E-state index is -0.384. The van der Waals surface area contributed by atoms with Crippen LogP contribution in [0.25, 0.3) is 0 Å². The van der Waals surface area contributed by atoms with Gasteiger partial charge in [0, 0.05) is 5.69 Å². The quantitative estimate of drug-likeness (QED) is 0.588. The number of hydrazine groups is 1. The van der Waals surface area contributed by atoms with Crippen LogP contribution in [-0.4, -0.2) is 51.1 Å². The molecule has 0 spiro atoms. The smallest absolute Gasteiger partial charge is 0.276 e. The van der Waals surface area contributed by atoms with Crippen molar-refractivity contribution in [3.8, 4) is 5.75 Å². The molecule has 2 aromatic carbocycles. The van der Waals surface area contributed by atoms with Gasteiger partial charge >= 0.3 is 0 Å². The first-order valence-electron chi connectivity index (χ1n) is 10.0. The second kappa shape index (κ2) is 10.5. The number of rotatable bonds is 7. The van der Waals surface area contributed by atoms with Gasteiger partial charge in [0.15, 0.2) is 6.61 Å². The Hall–Kier alpha value is -3.06. The molecule has 0 bridgehead atoms. The molecule has 0 radical (unpaired) electrons. The number of ether oxygens (including phenoxy) is 1. The number of carbonyl (C=O) groups is 2. The molecule has 29 heavy (non-hydrogen) atoms. The van der Waals surface area contributed by atoms with E-state index in [-0.39, 0.29) is 18.4 Å². The number of nitrogens with zero attached hydrogens (tertiary/aromatic N) is 1. The molecular weight excluding hydrogens is 368 g/mol. The highest BCUT2D eigenvalue weighted by Crippen LogP contribution is 2.15. The first kappa shape index (κ1) is 20.7. The fraction of sp³-hybridized carbons (Fsp3) is 0.364. The van der Waals surface area contributed by atoms with Crippen LogP contribution in [-0.2, 0) is 9.59 Å². The van der Waals surface area contributed by atoms with Crippen molar-refractivity contribution in [3.05, 3.63) is 60.2 Å². The summed E-state index contributed by atoms with van der Waals surface area (Å²) in [5, 5.41) is 0. The average molecular weight is 397 g/mol. The standard InChI is InChI=1S/C22H28N4O3/c1-18-7-5-6-10-20(18)29-17-22(28)24-23-21(27)11-12-25-13-15-26(16-14-25)19-8-3-2-4-9-19/h2-10H,11-17H2,1H3,(H,23,27)(H,24,28)/p+1. The van der Waals surface area contributed by atoms with E-state index in [9.17, 15) is 9.59 Å². The van der Waals surface area contributed by atoms with Crippen molar-refractivity contribution in [1.82, 2.24) is 10.9 Å². The molecule has 0 unspecified atom stereocenters. The van der Waals surface area contributed by atoms with Crippen molar-refractivity contribution in [2.45, 2.75) is 13.3 Å². The largest absolute Gasteiger partial charge is 0.483 e. The third-order valence-electron chi connectivity index (χ3n) is 5.09. The Kier molecular flexibility index (Phi) is 7.47. The van der Waals surface area contributed by atoms with E-state index in [4.69, 9.17) is 4.74 Å². The number of quaternary nitrogens is 1. The molecule has 0 aliphatic carbocycles. The number of hydrogen-bond donors (Lipinski definition) is 3. The van der Waals surface area contributed by atoms with Gasteiger partial charge in [-0.15, -0.1) is 0 Å². The van der Waals surface area contributed by atoms with Gasteiger partial charge in [-0.3, -0.25) is 20.4 Å². The van der Waals surface area contributed by atoms with Crippen molar-refractivity contribution in [2.24, 2.45) is 0 Å². The van der Waals surface area contributed by atoms with E-state index in [1.54, 1.807) is 0 Å². The van der Waals surface area contributed by atoms with E-state index in [1.165, 1.54) is 10.6 Å². The van der Waals surface area contributed by atoms with Crippen LogP contribution in [0, 0.1) is 6.92 Å². The number of hydrogen-bond acceptors (Lipinski definition) is 4. The molecule has 2 amide bonds. The summed E-state index contributed by atoms with van der Waals surface area (Å²) in [6, 6.07) is 17.9. The van der Waals surface area contributed by atoms with Crippen LogP contribution in [0.2, 0.25) is 0 Å². The number of carbonyl (C=O) groups excluding carboxylic acids is 2. The fourth-order valence-electron chi connectivity index (χ4n) is 3.36. The van der Waals surface area contributed by atoms with E-state index in [0.29, 0.717) is 12.2 Å². The molecule has 154 valence electrons. The van der Waals surface area contributed by atoms with Crippen molar-refractivity contribution < 1.29 is 19.2 Å². The number of anilines is 1. The highest BCUT2D eigenvalue weighted by molar-refractivity contribution is 5.82. The first-order valence-corrected chi connectivity index (χ1v) is 10.0. The van der Waals surface area contributed by atoms with Crippen LogP contribution in [0.3, 0.4) is 0 Å². The summed E-state index contributed by atoms with van der Waals surface area (Å²) in [4.78, 5) is 27.6. The Morgan fingerprint density at radius 2 is 1.62 bits per heavy atom. The molecule has 7 heteroatoms. The number of aryl methyl sites for hydroxylation is 1. The van der Waals surface area contributed by atoms with Gasteiger partial charge in [-0.1, -0.05) is 36.4 Å². The number of para-hydroxylation sites is 2. The third kappa shape index (κ3) is 6.50. The summed E-state index contributed by atoms with van der Waals surface area (Å²) in [7, 11) is 0. The zero-order valence-electron chi connectivity index (χ0n) is 16.8. The zero-order valence-corrected chi connectivity index (χ0v) is 16.8. The van der Waals surface area contributed by atoms with Gasteiger partial charge in [0.05, 0.1) is 39.1 Å². The zero-order chi connectivity index (χ0) is 20.5. The number of amides is 2. The Bertz CT molecular complexity index is 805. The van der Waals surface area contributed by atoms with E-state index in [2.05, 4.69) is 40.0 Å². The van der Waals surface area contributed by atoms with Crippen molar-refractivity contribution in [1.29, 1.82) is 0 Å². The van der Waals surface area contributed by atoms with Crippen molar-refractivity contribution in [3.63, 3.8) is 0 Å². The van der Waals surface area contributed by atoms with Crippen LogP contribution in [0.5, 0.6) is 5.75 Å². The maximum atomic E-state index is 12.0. The van der Waals surface area contributed by atoms with E-state index in [0.717, 1.165) is 38.3 Å². The van der Waals surface area contributed by atoms with Gasteiger partial charge in [-0.05, 0) is 30.7 Å². The predicted molar refractivity (Wildman–Crippen MR) is 112 cm³/mol. The first-order chi connectivity index (χ1) is 14.1. The lowest BCUT2D eigenvalue weighted by molar-refractivity contribution is -0.900. The summed E-state index contributed by atoms with van der Waals surface area (Å²) in [6.45, 7) is 6.48. The van der Waals surface area contributed by atoms with Crippen molar-refractivity contribution in [2.75, 3.05) is 44.2 Å². The topological polar surface area (TPSA) is 75.1 Å². The number of nitrogens with one attached hydrogen (secondary N) is 3. The lowest BCUT2D eigenvalue weighted by atomic mass is 10.2. The van der Waals surface area contributed by atoms with Crippen LogP contribution in [0.4, 0.5) is 5.69 Å². The third-order valence-corrected chi connectivity index (χ3v) is 5.09. The van der Waals surface area contributed by atoms with Gasteiger partial charge in [-0.25, -0.2) is 0 Å². The minimum Gasteiger partial charge on any atom is -0.483 e. The highest BCUT2D eigenvalue weighted by atomic mass is 16.5. The van der Waals surface area contributed by atoms with Gasteiger partial charge < -0.3 is 14.5 Å². The molecule has 3 rings (SSSR count). The molecule has 2 aromatic rings. The fourth-order valence-corrected chi connectivity index (χ4v) is 3.36. The van der Waals surface area contributed by atoms with Crippen molar-refractivity contribution >= 4 is 17.5 Å². The molecule has 1 fully saturated rings. The van der Waals surface area contributed by atoms with Gasteiger partial charge in [-0.2, -0.15) is 0 Å². The normalized spacial score (nSPS) is 14.3. The maximum Gasteiger partial charge on any atom is 0.276 e. The monoisotopic (exact) mass is 397 g/mol. The Morgan fingerprint density at radius 1 is 0.966 bits per heavy atom. The molecule has 1 aliphatic heterocycles. The van der Waals surface area contributed by atoms with E-state index in [1.807, 2.05) is 37.3 Å². The molecule has 0 aromatic heterocycles. The predicted octanol–water partition coefficient (Wildman–Crippen LogP) is 0.316. The Balaban J connectivity index is 1.29. The lowest BCUT2D eigenvalue weighted by Gasteiger charge is -2.33. The molecule has 3 N–H and O–H groups in total. The second-order valence-electron chi connectivity index (χ2n) is 7.22.